The van der Waals surface area contributed by atoms with Gasteiger partial charge in [0.1, 0.15) is 11.2 Å². The molecule has 0 N–H and O–H groups in total. The molecule has 2 aliphatic rings. The van der Waals surface area contributed by atoms with Crippen molar-refractivity contribution in [2.75, 3.05) is 13.1 Å². The summed E-state index contributed by atoms with van der Waals surface area (Å²) < 4.78 is 11.1. The summed E-state index contributed by atoms with van der Waals surface area (Å²) in [5, 5.41) is 0.541. The highest BCUT2D eigenvalue weighted by Crippen LogP contribution is 2.47. The van der Waals surface area contributed by atoms with E-state index in [0.717, 1.165) is 5.56 Å². The highest BCUT2D eigenvalue weighted by atomic mass is 35.5. The third kappa shape index (κ3) is 2.90. The third-order valence-corrected chi connectivity index (χ3v) is 4.51. The van der Waals surface area contributed by atoms with Crippen molar-refractivity contribution in [3.05, 3.63) is 34.3 Å². The van der Waals surface area contributed by atoms with Crippen LogP contribution < -0.4 is 0 Å². The van der Waals surface area contributed by atoms with Crippen LogP contribution in [0, 0.1) is 0 Å². The van der Waals surface area contributed by atoms with E-state index in [1.54, 1.807) is 23.1 Å². The van der Waals surface area contributed by atoms with Crippen molar-refractivity contribution < 1.29 is 19.1 Å². The maximum Gasteiger partial charge on any atom is 0.410 e. The Bertz CT molecular complexity index is 657. The van der Waals surface area contributed by atoms with Crippen LogP contribution in [0.15, 0.2) is 18.2 Å². The largest absolute Gasteiger partial charge is 0.450 e. The molecule has 2 heterocycles. The topological polar surface area (TPSA) is 55.8 Å². The number of fused-ring (bicyclic) bond motifs is 2. The van der Waals surface area contributed by atoms with Gasteiger partial charge in [-0.1, -0.05) is 17.7 Å². The number of nitrogens with zero attached hydrogens (tertiary/aromatic N) is 1. The first kappa shape index (κ1) is 16.1. The minimum absolute atomic E-state index is 0.337. The fraction of sp³-hybridized carbons (Fsp3) is 0.529. The van der Waals surface area contributed by atoms with E-state index in [9.17, 15) is 9.59 Å². The molecule has 1 aromatic carbocycles. The lowest BCUT2D eigenvalue weighted by molar-refractivity contribution is -0.0469. The summed E-state index contributed by atoms with van der Waals surface area (Å²) in [6.07, 6.45) is 0.708. The number of hydrogen-bond acceptors (Lipinski definition) is 4. The van der Waals surface area contributed by atoms with Crippen LogP contribution in [0.5, 0.6) is 0 Å². The van der Waals surface area contributed by atoms with E-state index in [4.69, 9.17) is 21.1 Å². The maximum atomic E-state index is 12.2. The van der Waals surface area contributed by atoms with Gasteiger partial charge in [-0.25, -0.2) is 9.59 Å². The molecule has 1 saturated heterocycles. The average Bonchev–Trinajstić information content (AvgIpc) is 2.72. The van der Waals surface area contributed by atoms with E-state index in [2.05, 4.69) is 0 Å². The van der Waals surface area contributed by atoms with Crippen LogP contribution in [0.4, 0.5) is 4.79 Å². The van der Waals surface area contributed by atoms with Crippen LogP contribution in [-0.2, 0) is 15.1 Å². The molecule has 0 radical (unpaired) electrons. The van der Waals surface area contributed by atoms with Gasteiger partial charge in [0.25, 0.3) is 0 Å². The van der Waals surface area contributed by atoms with Gasteiger partial charge in [-0.05, 0) is 32.9 Å². The molecule has 3 rings (SSSR count). The molecule has 0 bridgehead atoms. The Morgan fingerprint density at radius 1 is 1.30 bits per heavy atom. The number of carbonyl (C=O) groups excluding carboxylic acids is 2. The SMILES string of the molecule is CC(C)(C)OC(=O)N1CCC2(CC1)OC(=O)c1cccc(Cl)c12. The number of likely N-dealkylation sites (tertiary alicyclic amines) is 1. The summed E-state index contributed by atoms with van der Waals surface area (Å²) >= 11 is 6.31. The zero-order valence-electron chi connectivity index (χ0n) is 13.5. The molecule has 23 heavy (non-hydrogen) atoms. The second-order valence-corrected chi connectivity index (χ2v) is 7.42. The highest BCUT2D eigenvalue weighted by Gasteiger charge is 2.49. The van der Waals surface area contributed by atoms with Crippen molar-refractivity contribution in [3.8, 4) is 0 Å². The molecule has 0 saturated carbocycles. The molecule has 0 aromatic heterocycles. The Morgan fingerprint density at radius 2 is 1.96 bits per heavy atom. The maximum absolute atomic E-state index is 12.2. The monoisotopic (exact) mass is 337 g/mol. The van der Waals surface area contributed by atoms with Crippen LogP contribution in [0.3, 0.4) is 0 Å². The molecule has 2 aliphatic heterocycles. The van der Waals surface area contributed by atoms with Crippen LogP contribution >= 0.6 is 11.6 Å². The lowest BCUT2D eigenvalue weighted by Gasteiger charge is -2.39. The minimum Gasteiger partial charge on any atom is -0.450 e. The van der Waals surface area contributed by atoms with Crippen molar-refractivity contribution in [1.82, 2.24) is 4.90 Å². The molecule has 5 nitrogen and oxygen atoms in total. The standard InChI is InChI=1S/C17H20ClNO4/c1-16(2,3)23-15(21)19-9-7-17(8-10-19)13-11(14(20)22-17)5-4-6-12(13)18/h4-6H,7-10H2,1-3H3. The summed E-state index contributed by atoms with van der Waals surface area (Å²) in [7, 11) is 0. The molecule has 1 fully saturated rings. The van der Waals surface area contributed by atoms with Gasteiger partial charge in [0.15, 0.2) is 0 Å². The quantitative estimate of drug-likeness (QED) is 0.677. The number of hydrogen-bond donors (Lipinski definition) is 0. The second-order valence-electron chi connectivity index (χ2n) is 7.01. The van der Waals surface area contributed by atoms with Crippen LogP contribution in [0.25, 0.3) is 0 Å². The van der Waals surface area contributed by atoms with Gasteiger partial charge < -0.3 is 14.4 Å². The van der Waals surface area contributed by atoms with Crippen molar-refractivity contribution in [2.45, 2.75) is 44.8 Å². The number of halogens is 1. The fourth-order valence-electron chi connectivity index (χ4n) is 3.17. The van der Waals surface area contributed by atoms with Crippen LogP contribution in [0.1, 0.15) is 49.5 Å². The minimum atomic E-state index is -0.719. The Balaban J connectivity index is 1.78. The smallest absolute Gasteiger partial charge is 0.410 e. The van der Waals surface area contributed by atoms with Crippen LogP contribution in [0.2, 0.25) is 5.02 Å². The molecule has 1 spiro atoms. The number of ether oxygens (including phenoxy) is 2. The first-order valence-electron chi connectivity index (χ1n) is 7.72. The number of esters is 1. The van der Waals surface area contributed by atoms with E-state index in [0.29, 0.717) is 36.5 Å². The zero-order chi connectivity index (χ0) is 16.8. The zero-order valence-corrected chi connectivity index (χ0v) is 14.3. The van der Waals surface area contributed by atoms with Gasteiger partial charge in [0, 0.05) is 36.5 Å². The van der Waals surface area contributed by atoms with Gasteiger partial charge in [-0.3, -0.25) is 0 Å². The molecule has 1 amide bonds. The van der Waals surface area contributed by atoms with E-state index in [-0.39, 0.29) is 12.1 Å². The lowest BCUT2D eigenvalue weighted by Crippen LogP contribution is -2.47. The average molecular weight is 338 g/mol. The molecule has 0 atom stereocenters. The molecule has 6 heteroatoms. The van der Waals surface area contributed by atoms with Gasteiger partial charge in [0.2, 0.25) is 0 Å². The third-order valence-electron chi connectivity index (χ3n) is 4.20. The molecule has 0 aliphatic carbocycles. The number of rotatable bonds is 0. The first-order chi connectivity index (χ1) is 10.7. The van der Waals surface area contributed by atoms with Crippen molar-refractivity contribution in [3.63, 3.8) is 0 Å². The van der Waals surface area contributed by atoms with Crippen molar-refractivity contribution in [1.29, 1.82) is 0 Å². The summed E-state index contributed by atoms with van der Waals surface area (Å²) in [4.78, 5) is 25.9. The van der Waals surface area contributed by atoms with Gasteiger partial charge in [-0.2, -0.15) is 0 Å². The molecule has 124 valence electrons. The molecular formula is C17H20ClNO4. The van der Waals surface area contributed by atoms with Crippen molar-refractivity contribution >= 4 is 23.7 Å². The van der Waals surface area contributed by atoms with E-state index < -0.39 is 11.2 Å². The van der Waals surface area contributed by atoms with Crippen molar-refractivity contribution in [2.24, 2.45) is 0 Å². The number of benzene rings is 1. The normalized spacial score (nSPS) is 19.5. The van der Waals surface area contributed by atoms with Crippen LogP contribution in [-0.4, -0.2) is 35.7 Å². The Hall–Kier alpha value is -1.75. The van der Waals surface area contributed by atoms with Gasteiger partial charge >= 0.3 is 12.1 Å². The number of piperidine rings is 1. The second kappa shape index (κ2) is 5.41. The molecular weight excluding hydrogens is 318 g/mol. The number of amides is 1. The lowest BCUT2D eigenvalue weighted by atomic mass is 9.84. The first-order valence-corrected chi connectivity index (χ1v) is 8.10. The Morgan fingerprint density at radius 3 is 2.57 bits per heavy atom. The highest BCUT2D eigenvalue weighted by molar-refractivity contribution is 6.32. The van der Waals surface area contributed by atoms with E-state index >= 15 is 0 Å². The van der Waals surface area contributed by atoms with Gasteiger partial charge in [0.05, 0.1) is 5.56 Å². The van der Waals surface area contributed by atoms with E-state index in [1.165, 1.54) is 0 Å². The Kier molecular flexibility index (Phi) is 3.79. The Labute approximate surface area is 140 Å². The predicted molar refractivity (Wildman–Crippen MR) is 85.6 cm³/mol. The summed E-state index contributed by atoms with van der Waals surface area (Å²) in [5.74, 6) is -0.340. The summed E-state index contributed by atoms with van der Waals surface area (Å²) in [6.45, 7) is 6.45. The molecule has 1 aromatic rings. The summed E-state index contributed by atoms with van der Waals surface area (Å²) in [5.41, 5.74) is 0.0457. The summed E-state index contributed by atoms with van der Waals surface area (Å²) in [6, 6.07) is 5.25. The number of carbonyl (C=O) groups is 2. The van der Waals surface area contributed by atoms with E-state index in [1.807, 2.05) is 20.8 Å². The molecule has 0 unspecified atom stereocenters. The van der Waals surface area contributed by atoms with Gasteiger partial charge in [-0.15, -0.1) is 0 Å². The fourth-order valence-corrected chi connectivity index (χ4v) is 3.52. The predicted octanol–water partition coefficient (Wildman–Crippen LogP) is 3.74.